The maximum Gasteiger partial charge on any atom is 0.225 e. The van der Waals surface area contributed by atoms with Gasteiger partial charge in [-0.1, -0.05) is 0 Å². The van der Waals surface area contributed by atoms with Gasteiger partial charge in [-0.05, 0) is 19.3 Å². The number of carbonyl (C=O) groups is 1. The minimum atomic E-state index is -0.401. The van der Waals surface area contributed by atoms with Crippen LogP contribution in [0.15, 0.2) is 0 Å². The van der Waals surface area contributed by atoms with Crippen molar-refractivity contribution < 1.29 is 9.53 Å². The first-order valence-electron chi connectivity index (χ1n) is 3.29. The van der Waals surface area contributed by atoms with Crippen LogP contribution in [0.1, 0.15) is 0 Å². The van der Waals surface area contributed by atoms with Gasteiger partial charge in [-0.3, -0.25) is 4.79 Å². The first kappa shape index (κ1) is 8.53. The van der Waals surface area contributed by atoms with E-state index in [2.05, 4.69) is 0 Å². The number of methoxy groups -OCH3 is 1. The zero-order valence-electron chi connectivity index (χ0n) is 6.33. The molecule has 1 aliphatic carbocycles. The van der Waals surface area contributed by atoms with E-state index in [1.165, 1.54) is 0 Å². The number of nitrogens with two attached hydrogens (primary N) is 1. The van der Waals surface area contributed by atoms with Gasteiger partial charge in [-0.15, -0.1) is 0 Å². The number of ether oxygens (including phenoxy) is 1. The second-order valence-electron chi connectivity index (χ2n) is 2.26. The molecule has 3 heteroatoms. The molecular formula is C8H10NO2. The molecule has 0 aromatic carbocycles. The molecule has 0 unspecified atom stereocenters. The summed E-state index contributed by atoms with van der Waals surface area (Å²) >= 11 is 0. The highest BCUT2D eigenvalue weighted by Gasteiger charge is 2.33. The molecule has 0 aromatic heterocycles. The predicted molar refractivity (Wildman–Crippen MR) is 40.5 cm³/mol. The smallest absolute Gasteiger partial charge is 0.225 e. The fourth-order valence-corrected chi connectivity index (χ4v) is 0.979. The van der Waals surface area contributed by atoms with Gasteiger partial charge in [0.2, 0.25) is 5.91 Å². The normalized spacial score (nSPS) is 20.8. The molecule has 0 atom stereocenters. The molecule has 1 amide bonds. The first-order chi connectivity index (χ1) is 5.25. The highest BCUT2D eigenvalue weighted by atomic mass is 16.5. The molecule has 5 radical (unpaired) electrons. The minimum absolute atomic E-state index is 0.401. The minimum Gasteiger partial charge on any atom is -0.384 e. The van der Waals surface area contributed by atoms with Crippen molar-refractivity contribution in [2.75, 3.05) is 13.7 Å². The van der Waals surface area contributed by atoms with Gasteiger partial charge in [0.15, 0.2) is 0 Å². The monoisotopic (exact) mass is 152 g/mol. The third-order valence-corrected chi connectivity index (χ3v) is 1.47. The number of hydrogen-bond donors (Lipinski definition) is 1. The van der Waals surface area contributed by atoms with Gasteiger partial charge in [0.25, 0.3) is 0 Å². The molecule has 0 saturated heterocycles. The molecule has 11 heavy (non-hydrogen) atoms. The Morgan fingerprint density at radius 1 is 1.64 bits per heavy atom. The molecule has 0 aliphatic heterocycles. The van der Waals surface area contributed by atoms with E-state index in [-0.39, 0.29) is 0 Å². The molecule has 1 rings (SSSR count). The summed E-state index contributed by atoms with van der Waals surface area (Å²) in [5, 5.41) is 0. The summed E-state index contributed by atoms with van der Waals surface area (Å²) in [7, 11) is 1.58. The van der Waals surface area contributed by atoms with Gasteiger partial charge < -0.3 is 10.5 Å². The van der Waals surface area contributed by atoms with Crippen molar-refractivity contribution in [3.63, 3.8) is 0 Å². The van der Waals surface area contributed by atoms with Gasteiger partial charge in [-0.2, -0.15) is 0 Å². The van der Waals surface area contributed by atoms with Crippen LogP contribution in [-0.2, 0) is 9.53 Å². The van der Waals surface area contributed by atoms with Crippen molar-refractivity contribution in [1.82, 2.24) is 0 Å². The number of amides is 1. The Morgan fingerprint density at radius 3 is 2.91 bits per heavy atom. The summed E-state index contributed by atoms with van der Waals surface area (Å²) in [4.78, 5) is 10.7. The second kappa shape index (κ2) is 3.72. The van der Waals surface area contributed by atoms with Crippen molar-refractivity contribution in [1.29, 1.82) is 0 Å². The maximum atomic E-state index is 10.7. The van der Waals surface area contributed by atoms with E-state index < -0.39 is 5.91 Å². The molecule has 59 valence electrons. The molecule has 0 heterocycles. The largest absolute Gasteiger partial charge is 0.384 e. The summed E-state index contributed by atoms with van der Waals surface area (Å²) in [6.07, 6.45) is 5.30. The lowest BCUT2D eigenvalue weighted by Crippen LogP contribution is -2.25. The average Bonchev–Trinajstić information content (AvgIpc) is 2.36. The van der Waals surface area contributed by atoms with Gasteiger partial charge in [0, 0.05) is 13.0 Å². The van der Waals surface area contributed by atoms with Gasteiger partial charge in [-0.25, -0.2) is 0 Å². The van der Waals surface area contributed by atoms with Crippen molar-refractivity contribution in [2.45, 2.75) is 0 Å². The Balaban J connectivity index is 2.44. The van der Waals surface area contributed by atoms with Gasteiger partial charge >= 0.3 is 0 Å². The zero-order chi connectivity index (χ0) is 8.27. The van der Waals surface area contributed by atoms with Crippen LogP contribution in [0, 0.1) is 31.1 Å². The standard InChI is InChI=1S/C8H10NO2/c1-11-5-6-3-2-4-7(6)8(9)10/h2-4H,5H2,1H3,(H2,9,10). The van der Waals surface area contributed by atoms with Crippen molar-refractivity contribution >= 4 is 5.91 Å². The SMILES string of the molecule is COC[C]1[CH][CH][CH][C]1C(N)=O. The van der Waals surface area contributed by atoms with Crippen LogP contribution >= 0.6 is 0 Å². The fraction of sp³-hybridized carbons (Fsp3) is 0.250. The maximum absolute atomic E-state index is 10.7. The molecule has 3 nitrogen and oxygen atoms in total. The van der Waals surface area contributed by atoms with E-state index in [4.69, 9.17) is 10.5 Å². The highest BCUT2D eigenvalue weighted by Crippen LogP contribution is 2.32. The van der Waals surface area contributed by atoms with Crippen LogP contribution in [0.2, 0.25) is 0 Å². The van der Waals surface area contributed by atoms with E-state index in [0.717, 1.165) is 5.92 Å². The van der Waals surface area contributed by atoms with E-state index >= 15 is 0 Å². The first-order valence-corrected chi connectivity index (χ1v) is 3.29. The Morgan fingerprint density at radius 2 is 2.36 bits per heavy atom. The number of rotatable bonds is 3. The lowest BCUT2D eigenvalue weighted by molar-refractivity contribution is -0.115. The van der Waals surface area contributed by atoms with E-state index in [9.17, 15) is 4.79 Å². The summed E-state index contributed by atoms with van der Waals surface area (Å²) < 4.78 is 4.87. The van der Waals surface area contributed by atoms with Crippen LogP contribution in [0.25, 0.3) is 0 Å². The Bertz CT molecular complexity index is 147. The second-order valence-corrected chi connectivity index (χ2v) is 2.26. The van der Waals surface area contributed by atoms with E-state index in [1.807, 2.05) is 6.42 Å². The van der Waals surface area contributed by atoms with Crippen LogP contribution in [0.3, 0.4) is 0 Å². The number of hydrogen-bond acceptors (Lipinski definition) is 2. The molecule has 0 spiro atoms. The van der Waals surface area contributed by atoms with Crippen molar-refractivity contribution in [3.05, 3.63) is 31.1 Å². The summed E-state index contributed by atoms with van der Waals surface area (Å²) in [5.41, 5.74) is 5.09. The van der Waals surface area contributed by atoms with E-state index in [1.54, 1.807) is 20.0 Å². The third-order valence-electron chi connectivity index (χ3n) is 1.47. The zero-order valence-corrected chi connectivity index (χ0v) is 6.33. The number of carbonyl (C=O) groups excluding carboxylic acids is 1. The average molecular weight is 152 g/mol. The van der Waals surface area contributed by atoms with Crippen LogP contribution in [0.5, 0.6) is 0 Å². The topological polar surface area (TPSA) is 52.3 Å². The molecule has 0 bridgehead atoms. The van der Waals surface area contributed by atoms with Crippen LogP contribution in [0.4, 0.5) is 0 Å². The molecule has 1 fully saturated rings. The molecule has 0 aromatic rings. The summed E-state index contributed by atoms with van der Waals surface area (Å²) in [6.45, 7) is 0.436. The Hall–Kier alpha value is -0.570. The quantitative estimate of drug-likeness (QED) is 0.613. The molecule has 1 saturated carbocycles. The van der Waals surface area contributed by atoms with Gasteiger partial charge in [0.1, 0.15) is 0 Å². The Kier molecular flexibility index (Phi) is 2.88. The van der Waals surface area contributed by atoms with Gasteiger partial charge in [0.05, 0.1) is 12.5 Å². The van der Waals surface area contributed by atoms with Crippen molar-refractivity contribution in [3.8, 4) is 0 Å². The lowest BCUT2D eigenvalue weighted by Gasteiger charge is -2.12. The van der Waals surface area contributed by atoms with Crippen molar-refractivity contribution in [2.24, 2.45) is 5.73 Å². The molecule has 2 N–H and O–H groups in total. The fourth-order valence-electron chi connectivity index (χ4n) is 0.979. The van der Waals surface area contributed by atoms with E-state index in [0.29, 0.717) is 12.5 Å². The summed E-state index contributed by atoms with van der Waals surface area (Å²) in [5.74, 6) is 0.994. The predicted octanol–water partition coefficient (Wildman–Crippen LogP) is -0.106. The third kappa shape index (κ3) is 1.93. The van der Waals surface area contributed by atoms with Crippen LogP contribution < -0.4 is 5.73 Å². The molecular weight excluding hydrogens is 142 g/mol. The van der Waals surface area contributed by atoms with Crippen LogP contribution in [-0.4, -0.2) is 19.6 Å². The highest BCUT2D eigenvalue weighted by molar-refractivity contribution is 5.96. The lowest BCUT2D eigenvalue weighted by atomic mass is 9.96. The number of primary amides is 1. The Labute approximate surface area is 66.9 Å². The summed E-state index contributed by atoms with van der Waals surface area (Å²) in [6, 6.07) is 0. The molecule has 1 aliphatic rings.